The van der Waals surface area contributed by atoms with Gasteiger partial charge < -0.3 is 14.2 Å². The molecule has 0 atom stereocenters. The summed E-state index contributed by atoms with van der Waals surface area (Å²) in [6.07, 6.45) is 5.27. The van der Waals surface area contributed by atoms with E-state index in [0.717, 1.165) is 5.56 Å². The Balaban J connectivity index is 2.57. The zero-order chi connectivity index (χ0) is 9.26. The highest BCUT2D eigenvalue weighted by molar-refractivity contribution is 5.57. The van der Waals surface area contributed by atoms with E-state index in [1.165, 1.54) is 0 Å². The van der Waals surface area contributed by atoms with Crippen molar-refractivity contribution in [3.63, 3.8) is 0 Å². The Morgan fingerprint density at radius 3 is 3.00 bits per heavy atom. The zero-order valence-electron chi connectivity index (χ0n) is 7.16. The molecular weight excluding hydrogens is 168 g/mol. The van der Waals surface area contributed by atoms with Crippen LogP contribution in [-0.4, -0.2) is 13.9 Å². The third-order valence-electron chi connectivity index (χ3n) is 1.83. The first-order chi connectivity index (χ1) is 6.35. The molecule has 0 spiro atoms. The summed E-state index contributed by atoms with van der Waals surface area (Å²) in [4.78, 5) is 0. The van der Waals surface area contributed by atoms with Crippen LogP contribution in [0.3, 0.4) is 0 Å². The largest absolute Gasteiger partial charge is 0.493 e. The lowest BCUT2D eigenvalue weighted by Gasteiger charge is -2.04. The number of hydrogen-bond acceptors (Lipinski definition) is 3. The molecule has 1 aromatic carbocycles. The molecule has 1 aromatic rings. The number of benzene rings is 1. The van der Waals surface area contributed by atoms with Gasteiger partial charge in [0, 0.05) is 11.6 Å². The van der Waals surface area contributed by atoms with Crippen molar-refractivity contribution < 1.29 is 14.2 Å². The molecule has 1 aliphatic heterocycles. The maximum Gasteiger partial charge on any atom is 0.231 e. The van der Waals surface area contributed by atoms with Crippen molar-refractivity contribution in [2.75, 3.05) is 13.9 Å². The molecule has 0 fully saturated rings. The summed E-state index contributed by atoms with van der Waals surface area (Å²) in [5.41, 5.74) is 0.723. The summed E-state index contributed by atoms with van der Waals surface area (Å²) in [6, 6.07) is 3.50. The van der Waals surface area contributed by atoms with Gasteiger partial charge in [0.05, 0.1) is 7.11 Å². The molecule has 66 valence electrons. The summed E-state index contributed by atoms with van der Waals surface area (Å²) in [6.45, 7) is 0.222. The van der Waals surface area contributed by atoms with Crippen molar-refractivity contribution in [2.24, 2.45) is 0 Å². The average molecular weight is 176 g/mol. The van der Waals surface area contributed by atoms with Crippen LogP contribution in [0.25, 0.3) is 0 Å². The first-order valence-electron chi connectivity index (χ1n) is 3.79. The van der Waals surface area contributed by atoms with Crippen LogP contribution in [-0.2, 0) is 0 Å². The summed E-state index contributed by atoms with van der Waals surface area (Å²) in [5.74, 6) is 4.40. The number of hydrogen-bond donors (Lipinski definition) is 0. The molecule has 13 heavy (non-hydrogen) atoms. The van der Waals surface area contributed by atoms with E-state index in [2.05, 4.69) is 5.92 Å². The molecule has 3 heteroatoms. The van der Waals surface area contributed by atoms with Crippen molar-refractivity contribution in [2.45, 2.75) is 0 Å². The van der Waals surface area contributed by atoms with Gasteiger partial charge in [-0.25, -0.2) is 0 Å². The van der Waals surface area contributed by atoms with E-state index in [0.29, 0.717) is 17.2 Å². The van der Waals surface area contributed by atoms with E-state index in [1.54, 1.807) is 19.2 Å². The minimum absolute atomic E-state index is 0.222. The number of methoxy groups -OCH3 is 1. The topological polar surface area (TPSA) is 27.7 Å². The van der Waals surface area contributed by atoms with Crippen molar-refractivity contribution >= 4 is 0 Å². The molecule has 0 saturated carbocycles. The lowest BCUT2D eigenvalue weighted by molar-refractivity contribution is 0.171. The Bertz CT molecular complexity index is 376. The lowest BCUT2D eigenvalue weighted by atomic mass is 10.2. The van der Waals surface area contributed by atoms with Gasteiger partial charge in [0.1, 0.15) is 0 Å². The predicted octanol–water partition coefficient (Wildman–Crippen LogP) is 1.41. The molecule has 0 unspecified atom stereocenters. The molecule has 0 aromatic heterocycles. The van der Waals surface area contributed by atoms with E-state index in [9.17, 15) is 0 Å². The average Bonchev–Trinajstić information content (AvgIpc) is 2.63. The van der Waals surface area contributed by atoms with Crippen LogP contribution in [0, 0.1) is 12.3 Å². The molecule has 0 aliphatic carbocycles. The van der Waals surface area contributed by atoms with Crippen molar-refractivity contribution in [1.82, 2.24) is 0 Å². The van der Waals surface area contributed by atoms with Gasteiger partial charge in [0.2, 0.25) is 12.5 Å². The molecule has 1 aliphatic rings. The number of fused-ring (bicyclic) bond motifs is 1. The van der Waals surface area contributed by atoms with Crippen LogP contribution >= 0.6 is 0 Å². The summed E-state index contributed by atoms with van der Waals surface area (Å²) >= 11 is 0. The fraction of sp³-hybridized carbons (Fsp3) is 0.200. The highest BCUT2D eigenvalue weighted by atomic mass is 16.7. The standard InChI is InChI=1S/C10H8O3/c1-3-7-4-8(11-2)10-9(5-7)12-6-13-10/h1,4-5H,6H2,2H3. The highest BCUT2D eigenvalue weighted by Crippen LogP contribution is 2.41. The second-order valence-electron chi connectivity index (χ2n) is 2.56. The summed E-state index contributed by atoms with van der Waals surface area (Å²) in [5, 5.41) is 0. The van der Waals surface area contributed by atoms with Crippen molar-refractivity contribution in [1.29, 1.82) is 0 Å². The van der Waals surface area contributed by atoms with Gasteiger partial charge in [0.15, 0.2) is 11.5 Å². The van der Waals surface area contributed by atoms with E-state index in [4.69, 9.17) is 20.6 Å². The molecule has 3 nitrogen and oxygen atoms in total. The Hall–Kier alpha value is -1.82. The fourth-order valence-corrected chi connectivity index (χ4v) is 1.21. The van der Waals surface area contributed by atoms with E-state index >= 15 is 0 Å². The van der Waals surface area contributed by atoms with E-state index in [-0.39, 0.29) is 6.79 Å². The third-order valence-corrected chi connectivity index (χ3v) is 1.83. The maximum absolute atomic E-state index is 5.27. The molecule has 0 saturated heterocycles. The summed E-state index contributed by atoms with van der Waals surface area (Å²) in [7, 11) is 1.57. The van der Waals surface area contributed by atoms with Gasteiger partial charge in [0.25, 0.3) is 0 Å². The van der Waals surface area contributed by atoms with Crippen LogP contribution in [0.2, 0.25) is 0 Å². The fourth-order valence-electron chi connectivity index (χ4n) is 1.21. The van der Waals surface area contributed by atoms with Crippen LogP contribution < -0.4 is 14.2 Å². The zero-order valence-corrected chi connectivity index (χ0v) is 7.16. The second kappa shape index (κ2) is 2.91. The molecule has 1 heterocycles. The molecule has 0 radical (unpaired) electrons. The Kier molecular flexibility index (Phi) is 1.75. The normalized spacial score (nSPS) is 12.3. The van der Waals surface area contributed by atoms with E-state index in [1.807, 2.05) is 0 Å². The van der Waals surface area contributed by atoms with Gasteiger partial charge >= 0.3 is 0 Å². The van der Waals surface area contributed by atoms with Gasteiger partial charge in [-0.2, -0.15) is 0 Å². The van der Waals surface area contributed by atoms with Crippen molar-refractivity contribution in [3.05, 3.63) is 17.7 Å². The number of ether oxygens (including phenoxy) is 3. The van der Waals surface area contributed by atoms with Crippen LogP contribution in [0.15, 0.2) is 12.1 Å². The first-order valence-corrected chi connectivity index (χ1v) is 3.79. The minimum Gasteiger partial charge on any atom is -0.493 e. The number of terminal acetylenes is 1. The molecule has 2 rings (SSSR count). The second-order valence-corrected chi connectivity index (χ2v) is 2.56. The molecule has 0 bridgehead atoms. The molecule has 0 N–H and O–H groups in total. The SMILES string of the molecule is C#Cc1cc(OC)c2c(c1)OCO2. The monoisotopic (exact) mass is 176 g/mol. The predicted molar refractivity (Wildman–Crippen MR) is 47.1 cm³/mol. The Morgan fingerprint density at radius 1 is 1.46 bits per heavy atom. The third kappa shape index (κ3) is 1.17. The van der Waals surface area contributed by atoms with Gasteiger partial charge in [-0.1, -0.05) is 5.92 Å². The first kappa shape index (κ1) is 7.81. The van der Waals surface area contributed by atoms with Gasteiger partial charge in [-0.05, 0) is 6.07 Å². The van der Waals surface area contributed by atoms with Crippen LogP contribution in [0.4, 0.5) is 0 Å². The van der Waals surface area contributed by atoms with Gasteiger partial charge in [-0.15, -0.1) is 6.42 Å². The lowest BCUT2D eigenvalue weighted by Crippen LogP contribution is -1.93. The smallest absolute Gasteiger partial charge is 0.231 e. The number of rotatable bonds is 1. The Morgan fingerprint density at radius 2 is 2.31 bits per heavy atom. The Labute approximate surface area is 76.2 Å². The van der Waals surface area contributed by atoms with Crippen LogP contribution in [0.5, 0.6) is 17.2 Å². The molecular formula is C10H8O3. The molecule has 0 amide bonds. The maximum atomic E-state index is 5.27. The van der Waals surface area contributed by atoms with Crippen LogP contribution in [0.1, 0.15) is 5.56 Å². The summed E-state index contributed by atoms with van der Waals surface area (Å²) < 4.78 is 15.5. The quantitative estimate of drug-likeness (QED) is 0.605. The van der Waals surface area contributed by atoms with Crippen molar-refractivity contribution in [3.8, 4) is 29.6 Å². The van der Waals surface area contributed by atoms with Gasteiger partial charge in [-0.3, -0.25) is 0 Å². The minimum atomic E-state index is 0.222. The van der Waals surface area contributed by atoms with E-state index < -0.39 is 0 Å². The highest BCUT2D eigenvalue weighted by Gasteiger charge is 2.19.